The molecule has 3 rings (SSSR count). The van der Waals surface area contributed by atoms with E-state index in [9.17, 15) is 14.4 Å². The van der Waals surface area contributed by atoms with Crippen LogP contribution in [0.2, 0.25) is 0 Å². The number of ketones is 1. The van der Waals surface area contributed by atoms with Gasteiger partial charge in [0.2, 0.25) is 0 Å². The van der Waals surface area contributed by atoms with E-state index in [-0.39, 0.29) is 12.2 Å². The third kappa shape index (κ3) is 7.31. The maximum atomic E-state index is 13.2. The first-order chi connectivity index (χ1) is 18.7. The number of aryl methyl sites for hydroxylation is 3. The zero-order valence-electron chi connectivity index (χ0n) is 24.1. The molecule has 1 amide bonds. The summed E-state index contributed by atoms with van der Waals surface area (Å²) in [6.45, 7) is 6.55. The van der Waals surface area contributed by atoms with Crippen LogP contribution in [-0.4, -0.2) is 63.1 Å². The van der Waals surface area contributed by atoms with Crippen LogP contribution in [0.4, 0.5) is 0 Å². The first kappa shape index (κ1) is 30.0. The molecule has 0 N–H and O–H groups in total. The van der Waals surface area contributed by atoms with Gasteiger partial charge in [-0.3, -0.25) is 9.59 Å². The van der Waals surface area contributed by atoms with Crippen LogP contribution in [0.1, 0.15) is 71.1 Å². The maximum Gasteiger partial charge on any atom is 0.328 e. The van der Waals surface area contributed by atoms with Gasteiger partial charge >= 0.3 is 5.97 Å². The number of carbonyl (C=O) groups excluding carboxylic acids is 3. The van der Waals surface area contributed by atoms with Crippen LogP contribution >= 0.6 is 0 Å². The van der Waals surface area contributed by atoms with Gasteiger partial charge in [-0.15, -0.1) is 0 Å². The molecule has 1 aliphatic heterocycles. The van der Waals surface area contributed by atoms with Gasteiger partial charge in [-0.25, -0.2) is 4.79 Å². The average molecular weight is 540 g/mol. The first-order valence-electron chi connectivity index (χ1n) is 13.6. The molecular formula is C31H41NO7. The van der Waals surface area contributed by atoms with Gasteiger partial charge in [-0.1, -0.05) is 6.07 Å². The molecule has 2 aromatic carbocycles. The van der Waals surface area contributed by atoms with E-state index < -0.39 is 23.7 Å². The Morgan fingerprint density at radius 3 is 2.28 bits per heavy atom. The van der Waals surface area contributed by atoms with Gasteiger partial charge in [0.25, 0.3) is 11.7 Å². The highest BCUT2D eigenvalue weighted by molar-refractivity contribution is 6.43. The molecule has 0 saturated carbocycles. The lowest BCUT2D eigenvalue weighted by atomic mass is 9.99. The Morgan fingerprint density at radius 2 is 1.59 bits per heavy atom. The summed E-state index contributed by atoms with van der Waals surface area (Å²) in [6.07, 6.45) is 5.55. The van der Waals surface area contributed by atoms with E-state index >= 15 is 0 Å². The fraction of sp³-hybridized carbons (Fsp3) is 0.516. The molecule has 2 aromatic rings. The smallest absolute Gasteiger partial charge is 0.328 e. The lowest BCUT2D eigenvalue weighted by molar-refractivity contribution is -0.155. The minimum atomic E-state index is -0.751. The van der Waals surface area contributed by atoms with Crippen LogP contribution in [-0.2, 0) is 20.7 Å². The molecule has 39 heavy (non-hydrogen) atoms. The second-order valence-corrected chi connectivity index (χ2v) is 10.1. The predicted octanol–water partition coefficient (Wildman–Crippen LogP) is 5.16. The van der Waals surface area contributed by atoms with Gasteiger partial charge in [0.15, 0.2) is 11.5 Å². The molecule has 0 radical (unpaired) electrons. The summed E-state index contributed by atoms with van der Waals surface area (Å²) in [5.41, 5.74) is 4.49. The summed E-state index contributed by atoms with van der Waals surface area (Å²) in [5, 5.41) is 0. The molecule has 1 heterocycles. The number of esters is 1. The molecule has 8 nitrogen and oxygen atoms in total. The van der Waals surface area contributed by atoms with Crippen molar-refractivity contribution in [3.8, 4) is 17.2 Å². The summed E-state index contributed by atoms with van der Waals surface area (Å²) in [7, 11) is 4.68. The predicted molar refractivity (Wildman–Crippen MR) is 149 cm³/mol. The number of likely N-dealkylation sites (tertiary alicyclic amines) is 1. The Morgan fingerprint density at radius 1 is 0.846 bits per heavy atom. The Balaban J connectivity index is 1.53. The molecule has 1 fully saturated rings. The number of hydrogen-bond donors (Lipinski definition) is 0. The zero-order chi connectivity index (χ0) is 28.5. The number of Topliss-reactive ketones (excluding diaryl/α,β-unsaturated/α-hetero) is 1. The number of nitrogens with zero attached hydrogens (tertiary/aromatic N) is 1. The van der Waals surface area contributed by atoms with Crippen molar-refractivity contribution in [3.63, 3.8) is 0 Å². The van der Waals surface area contributed by atoms with Gasteiger partial charge in [-0.2, -0.15) is 0 Å². The number of rotatable bonds is 12. The van der Waals surface area contributed by atoms with E-state index in [1.54, 1.807) is 20.1 Å². The van der Waals surface area contributed by atoms with Crippen molar-refractivity contribution in [2.75, 3.05) is 34.5 Å². The van der Waals surface area contributed by atoms with E-state index in [2.05, 4.69) is 26.0 Å². The number of piperidine rings is 1. The fourth-order valence-electron chi connectivity index (χ4n) is 5.09. The van der Waals surface area contributed by atoms with Crippen LogP contribution in [0, 0.1) is 20.8 Å². The quantitative estimate of drug-likeness (QED) is 0.159. The number of hydrogen-bond acceptors (Lipinski definition) is 7. The Labute approximate surface area is 231 Å². The normalized spacial score (nSPS) is 15.0. The number of methoxy groups -OCH3 is 3. The number of ether oxygens (including phenoxy) is 4. The molecule has 0 aromatic heterocycles. The Kier molecular flexibility index (Phi) is 10.8. The zero-order valence-corrected chi connectivity index (χ0v) is 24.1. The minimum Gasteiger partial charge on any atom is -0.496 e. The number of amides is 1. The third-order valence-electron chi connectivity index (χ3n) is 7.41. The van der Waals surface area contributed by atoms with Gasteiger partial charge in [0.1, 0.15) is 11.8 Å². The molecule has 1 saturated heterocycles. The molecule has 8 heteroatoms. The lowest BCUT2D eigenvalue weighted by Gasteiger charge is -2.33. The standard InChI is InChI=1S/C31H41NO7/c1-20-16-23(18-26(36-4)22(20)3)12-8-7-11-15-39-31(35)25-13-9-10-14-32(25)30(34)28(33)24-17-21(2)29(38-6)27(19-24)37-5/h16-19,25H,7-15H2,1-6H3. The van der Waals surface area contributed by atoms with E-state index in [0.29, 0.717) is 30.0 Å². The van der Waals surface area contributed by atoms with Crippen LogP contribution in [0.25, 0.3) is 0 Å². The van der Waals surface area contributed by atoms with Crippen LogP contribution < -0.4 is 14.2 Å². The summed E-state index contributed by atoms with van der Waals surface area (Å²) >= 11 is 0. The van der Waals surface area contributed by atoms with Crippen molar-refractivity contribution in [2.45, 2.75) is 71.8 Å². The summed E-state index contributed by atoms with van der Waals surface area (Å²) in [6, 6.07) is 6.63. The van der Waals surface area contributed by atoms with Crippen molar-refractivity contribution in [3.05, 3.63) is 52.1 Å². The second kappa shape index (κ2) is 14.0. The van der Waals surface area contributed by atoms with Crippen LogP contribution in [0.3, 0.4) is 0 Å². The molecule has 1 atom stereocenters. The van der Waals surface area contributed by atoms with Crippen LogP contribution in [0.15, 0.2) is 24.3 Å². The maximum absolute atomic E-state index is 13.2. The van der Waals surface area contributed by atoms with Gasteiger partial charge in [-0.05, 0) is 106 Å². The number of carbonyl (C=O) groups is 3. The van der Waals surface area contributed by atoms with Crippen molar-refractivity contribution < 1.29 is 33.3 Å². The number of benzene rings is 2. The highest BCUT2D eigenvalue weighted by Gasteiger charge is 2.36. The first-order valence-corrected chi connectivity index (χ1v) is 13.6. The Hall–Kier alpha value is -3.55. The highest BCUT2D eigenvalue weighted by atomic mass is 16.5. The Bertz CT molecular complexity index is 1190. The van der Waals surface area contributed by atoms with Gasteiger partial charge < -0.3 is 23.8 Å². The van der Waals surface area contributed by atoms with Crippen molar-refractivity contribution in [2.24, 2.45) is 0 Å². The molecule has 212 valence electrons. The van der Waals surface area contributed by atoms with E-state index in [1.807, 2.05) is 0 Å². The monoisotopic (exact) mass is 539 g/mol. The summed E-state index contributed by atoms with van der Waals surface area (Å²) in [4.78, 5) is 40.6. The second-order valence-electron chi connectivity index (χ2n) is 10.1. The topological polar surface area (TPSA) is 91.4 Å². The lowest BCUT2D eigenvalue weighted by Crippen LogP contribution is -2.51. The largest absolute Gasteiger partial charge is 0.496 e. The molecule has 1 aliphatic rings. The minimum absolute atomic E-state index is 0.203. The van der Waals surface area contributed by atoms with E-state index in [1.165, 1.54) is 36.3 Å². The third-order valence-corrected chi connectivity index (χ3v) is 7.41. The fourth-order valence-corrected chi connectivity index (χ4v) is 5.09. The van der Waals surface area contributed by atoms with Crippen molar-refractivity contribution in [1.82, 2.24) is 4.90 Å². The summed E-state index contributed by atoms with van der Waals surface area (Å²) < 4.78 is 21.7. The molecule has 1 unspecified atom stereocenters. The van der Waals surface area contributed by atoms with Crippen molar-refractivity contribution >= 4 is 17.7 Å². The van der Waals surface area contributed by atoms with Crippen LogP contribution in [0.5, 0.6) is 17.2 Å². The number of unbranched alkanes of at least 4 members (excludes halogenated alkanes) is 2. The molecule has 0 spiro atoms. The average Bonchev–Trinajstić information content (AvgIpc) is 2.95. The van der Waals surface area contributed by atoms with Gasteiger partial charge in [0, 0.05) is 12.1 Å². The highest BCUT2D eigenvalue weighted by Crippen LogP contribution is 2.32. The molecule has 0 bridgehead atoms. The molecular weight excluding hydrogens is 498 g/mol. The van der Waals surface area contributed by atoms with E-state index in [4.69, 9.17) is 18.9 Å². The SMILES string of the molecule is COc1cc(CCCCCOC(=O)C2CCCCN2C(=O)C(=O)c2cc(C)c(OC)c(OC)c2)cc(C)c1C. The van der Waals surface area contributed by atoms with E-state index in [0.717, 1.165) is 49.8 Å². The van der Waals surface area contributed by atoms with Gasteiger partial charge in [0.05, 0.1) is 27.9 Å². The molecule has 0 aliphatic carbocycles. The van der Waals surface area contributed by atoms with Crippen molar-refractivity contribution in [1.29, 1.82) is 0 Å². The summed E-state index contributed by atoms with van der Waals surface area (Å²) in [5.74, 6) is -0.0353.